The van der Waals surface area contributed by atoms with Crippen LogP contribution >= 0.6 is 0 Å². The molecule has 4 atom stereocenters. The van der Waals surface area contributed by atoms with E-state index in [0.29, 0.717) is 12.5 Å². The van der Waals surface area contributed by atoms with Gasteiger partial charge in [-0.15, -0.1) is 0 Å². The first kappa shape index (κ1) is 12.4. The number of ether oxygens (including phenoxy) is 1. The van der Waals surface area contributed by atoms with Crippen LogP contribution in [-0.2, 0) is 4.79 Å². The number of rotatable bonds is 2. The minimum atomic E-state index is -0.402. The average Bonchev–Trinajstić information content (AvgIpc) is 2.85. The van der Waals surface area contributed by atoms with Gasteiger partial charge in [-0.3, -0.25) is 4.79 Å². The molecule has 0 radical (unpaired) electrons. The topological polar surface area (TPSA) is 55.6 Å². The van der Waals surface area contributed by atoms with Crippen molar-refractivity contribution in [3.63, 3.8) is 0 Å². The van der Waals surface area contributed by atoms with Crippen molar-refractivity contribution in [2.24, 2.45) is 17.6 Å². The third-order valence-electron chi connectivity index (χ3n) is 4.32. The number of halogens is 1. The van der Waals surface area contributed by atoms with E-state index in [0.717, 1.165) is 5.56 Å². The Bertz CT molecular complexity index is 534. The summed E-state index contributed by atoms with van der Waals surface area (Å²) in [6.07, 6.45) is 0. The van der Waals surface area contributed by atoms with Crippen molar-refractivity contribution >= 4 is 5.91 Å². The van der Waals surface area contributed by atoms with Crippen LogP contribution in [0.15, 0.2) is 18.2 Å². The van der Waals surface area contributed by atoms with Crippen molar-refractivity contribution in [3.8, 4) is 5.75 Å². The Balaban J connectivity index is 1.95. The summed E-state index contributed by atoms with van der Waals surface area (Å²) in [5.41, 5.74) is 6.80. The van der Waals surface area contributed by atoms with E-state index in [1.165, 1.54) is 13.2 Å². The second-order valence-electron chi connectivity index (χ2n) is 5.33. The highest BCUT2D eigenvalue weighted by molar-refractivity contribution is 5.75. The standard InChI is InChI=1S/C14H17FN2O2/c1-7(18)17-6-9-12(13(9)16)14(17)8-3-4-11(19-2)10(15)5-8/h3-5,9,12-14H,6,16H2,1-2H3. The molecule has 3 rings (SSSR count). The number of amides is 1. The molecule has 4 unspecified atom stereocenters. The monoisotopic (exact) mass is 264 g/mol. The molecule has 102 valence electrons. The predicted molar refractivity (Wildman–Crippen MR) is 68.0 cm³/mol. The zero-order chi connectivity index (χ0) is 13.7. The van der Waals surface area contributed by atoms with Crippen LogP contribution in [0.4, 0.5) is 4.39 Å². The Kier molecular flexibility index (Phi) is 2.74. The van der Waals surface area contributed by atoms with Crippen LogP contribution in [0.1, 0.15) is 18.5 Å². The van der Waals surface area contributed by atoms with E-state index in [-0.39, 0.29) is 29.7 Å². The molecule has 2 N–H and O–H groups in total. The van der Waals surface area contributed by atoms with E-state index in [1.54, 1.807) is 17.9 Å². The van der Waals surface area contributed by atoms with E-state index < -0.39 is 5.82 Å². The van der Waals surface area contributed by atoms with Gasteiger partial charge in [0.1, 0.15) is 0 Å². The summed E-state index contributed by atoms with van der Waals surface area (Å²) in [6, 6.07) is 4.90. The van der Waals surface area contributed by atoms with Crippen LogP contribution in [0.2, 0.25) is 0 Å². The maximum atomic E-state index is 13.8. The first-order valence-corrected chi connectivity index (χ1v) is 6.41. The van der Waals surface area contributed by atoms with Crippen molar-refractivity contribution in [2.45, 2.75) is 19.0 Å². The quantitative estimate of drug-likeness (QED) is 0.876. The van der Waals surface area contributed by atoms with E-state index >= 15 is 0 Å². The van der Waals surface area contributed by atoms with Gasteiger partial charge in [0.05, 0.1) is 13.2 Å². The Hall–Kier alpha value is -1.62. The molecular weight excluding hydrogens is 247 g/mol. The number of methoxy groups -OCH3 is 1. The van der Waals surface area contributed by atoms with Crippen molar-refractivity contribution in [1.82, 2.24) is 4.90 Å². The number of likely N-dealkylation sites (tertiary alicyclic amines) is 1. The van der Waals surface area contributed by atoms with Gasteiger partial charge in [0.15, 0.2) is 11.6 Å². The first-order chi connectivity index (χ1) is 9.04. The number of nitrogens with zero attached hydrogens (tertiary/aromatic N) is 1. The van der Waals surface area contributed by atoms with Crippen molar-refractivity contribution < 1.29 is 13.9 Å². The maximum Gasteiger partial charge on any atom is 0.219 e. The fraction of sp³-hybridized carbons (Fsp3) is 0.500. The highest BCUT2D eigenvalue weighted by Crippen LogP contribution is 2.55. The number of piperidine rings is 1. The SMILES string of the molecule is COc1ccc(C2C3C(N)C3CN2C(C)=O)cc1F. The number of carbonyl (C=O) groups excluding carboxylic acids is 1. The van der Waals surface area contributed by atoms with E-state index in [2.05, 4.69) is 0 Å². The predicted octanol–water partition coefficient (Wildman–Crippen LogP) is 1.31. The molecule has 4 nitrogen and oxygen atoms in total. The van der Waals surface area contributed by atoms with Crippen LogP contribution in [0.3, 0.4) is 0 Å². The summed E-state index contributed by atoms with van der Waals surface area (Å²) in [5, 5.41) is 0. The highest BCUT2D eigenvalue weighted by Gasteiger charge is 2.60. The molecule has 1 heterocycles. The van der Waals surface area contributed by atoms with Gasteiger partial charge >= 0.3 is 0 Å². The molecule has 1 aliphatic carbocycles. The molecule has 1 aliphatic heterocycles. The van der Waals surface area contributed by atoms with Gasteiger partial charge in [-0.2, -0.15) is 0 Å². The summed E-state index contributed by atoms with van der Waals surface area (Å²) in [7, 11) is 1.43. The fourth-order valence-corrected chi connectivity index (χ4v) is 3.26. The van der Waals surface area contributed by atoms with Gasteiger partial charge in [-0.25, -0.2) is 4.39 Å². The lowest BCUT2D eigenvalue weighted by molar-refractivity contribution is -0.130. The van der Waals surface area contributed by atoms with E-state index in [1.807, 2.05) is 6.07 Å². The smallest absolute Gasteiger partial charge is 0.219 e. The van der Waals surface area contributed by atoms with Crippen LogP contribution in [0, 0.1) is 17.7 Å². The largest absolute Gasteiger partial charge is 0.494 e. The maximum absolute atomic E-state index is 13.8. The molecule has 1 amide bonds. The summed E-state index contributed by atoms with van der Waals surface area (Å²) in [6.45, 7) is 2.22. The van der Waals surface area contributed by atoms with Gasteiger partial charge < -0.3 is 15.4 Å². The third kappa shape index (κ3) is 1.80. The number of hydrogen-bond acceptors (Lipinski definition) is 3. The normalized spacial score (nSPS) is 32.1. The summed E-state index contributed by atoms with van der Waals surface area (Å²) in [5.74, 6) is 0.449. The Morgan fingerprint density at radius 2 is 2.26 bits per heavy atom. The number of fused-ring (bicyclic) bond motifs is 1. The van der Waals surface area contributed by atoms with Crippen LogP contribution < -0.4 is 10.5 Å². The second-order valence-corrected chi connectivity index (χ2v) is 5.33. The molecule has 1 aromatic carbocycles. The van der Waals surface area contributed by atoms with Gasteiger partial charge in [-0.05, 0) is 23.6 Å². The van der Waals surface area contributed by atoms with Gasteiger partial charge in [-0.1, -0.05) is 6.07 Å². The molecule has 2 fully saturated rings. The molecule has 0 spiro atoms. The summed E-state index contributed by atoms with van der Waals surface area (Å²) in [4.78, 5) is 13.5. The molecule has 2 aliphatic rings. The molecule has 1 saturated heterocycles. The van der Waals surface area contributed by atoms with Crippen LogP contribution in [0.5, 0.6) is 5.75 Å². The minimum Gasteiger partial charge on any atom is -0.494 e. The lowest BCUT2D eigenvalue weighted by atomic mass is 10.0. The number of nitrogens with two attached hydrogens (primary N) is 1. The van der Waals surface area contributed by atoms with Gasteiger partial charge in [0, 0.05) is 25.4 Å². The summed E-state index contributed by atoms with van der Waals surface area (Å²) < 4.78 is 18.7. The minimum absolute atomic E-state index is 0.0145. The molecule has 0 bridgehead atoms. The molecule has 1 aromatic rings. The second kappa shape index (κ2) is 4.20. The Labute approximate surface area is 111 Å². The number of hydrogen-bond donors (Lipinski definition) is 1. The van der Waals surface area contributed by atoms with Crippen molar-refractivity contribution in [3.05, 3.63) is 29.6 Å². The van der Waals surface area contributed by atoms with E-state index in [9.17, 15) is 9.18 Å². The Morgan fingerprint density at radius 3 is 2.84 bits per heavy atom. The molecular formula is C14H17FN2O2. The van der Waals surface area contributed by atoms with Crippen molar-refractivity contribution in [2.75, 3.05) is 13.7 Å². The molecule has 1 saturated carbocycles. The first-order valence-electron chi connectivity index (χ1n) is 6.41. The Morgan fingerprint density at radius 1 is 1.53 bits per heavy atom. The average molecular weight is 264 g/mol. The number of carbonyl (C=O) groups is 1. The zero-order valence-electron chi connectivity index (χ0n) is 11.0. The summed E-state index contributed by atoms with van der Waals surface area (Å²) >= 11 is 0. The molecule has 19 heavy (non-hydrogen) atoms. The van der Waals surface area contributed by atoms with Gasteiger partial charge in [0.25, 0.3) is 0 Å². The highest BCUT2D eigenvalue weighted by atomic mass is 19.1. The fourth-order valence-electron chi connectivity index (χ4n) is 3.26. The van der Waals surface area contributed by atoms with Gasteiger partial charge in [0.2, 0.25) is 5.91 Å². The lowest BCUT2D eigenvalue weighted by Gasteiger charge is -2.28. The number of benzene rings is 1. The van der Waals surface area contributed by atoms with E-state index in [4.69, 9.17) is 10.5 Å². The third-order valence-corrected chi connectivity index (χ3v) is 4.32. The molecule has 5 heteroatoms. The van der Waals surface area contributed by atoms with Crippen molar-refractivity contribution in [1.29, 1.82) is 0 Å². The van der Waals surface area contributed by atoms with Crippen LogP contribution in [0.25, 0.3) is 0 Å². The molecule has 0 aromatic heterocycles. The lowest BCUT2D eigenvalue weighted by Crippen LogP contribution is -2.35. The zero-order valence-corrected chi connectivity index (χ0v) is 11.0. The van der Waals surface area contributed by atoms with Crippen LogP contribution in [-0.4, -0.2) is 30.5 Å².